The minimum atomic E-state index is -0.289. The molecule has 2 aliphatic rings. The van der Waals surface area contributed by atoms with Crippen LogP contribution in [0, 0.1) is 13.8 Å². The van der Waals surface area contributed by atoms with Crippen molar-refractivity contribution >= 4 is 39.8 Å². The molecule has 0 spiro atoms. The van der Waals surface area contributed by atoms with E-state index in [4.69, 9.17) is 0 Å². The predicted molar refractivity (Wildman–Crippen MR) is 169 cm³/mol. The highest BCUT2D eigenvalue weighted by Gasteiger charge is 2.37. The normalized spacial score (nSPS) is 15.1. The highest BCUT2D eigenvalue weighted by molar-refractivity contribution is 6.42. The van der Waals surface area contributed by atoms with E-state index in [-0.39, 0.29) is 22.6 Å². The fraction of sp³-hybridized carbons (Fsp3) is 0.158. The number of anilines is 2. The molecule has 3 nitrogen and oxygen atoms in total. The molecule has 0 atom stereocenters. The molecule has 0 aromatic heterocycles. The smallest absolute Gasteiger partial charge is 0.197 e. The molecular formula is C38H31NO2. The number of benzene rings is 5. The first-order valence-electron chi connectivity index (χ1n) is 14.1. The van der Waals surface area contributed by atoms with Crippen LogP contribution in [0.15, 0.2) is 96.6 Å². The SMILES string of the molecule is Cc1cccc(C)c1-c1ccc2c(c1)C(C)(C)c1cc(C=C3C(=O)c4cc5ccccc5cc4C3=O)ccc1N2C. The summed E-state index contributed by atoms with van der Waals surface area (Å²) in [6, 6.07) is 31.0. The van der Waals surface area contributed by atoms with Gasteiger partial charge in [0.25, 0.3) is 0 Å². The minimum Gasteiger partial charge on any atom is -0.344 e. The van der Waals surface area contributed by atoms with E-state index in [0.29, 0.717) is 11.1 Å². The van der Waals surface area contributed by atoms with Crippen molar-refractivity contribution in [1.82, 2.24) is 0 Å². The maximum Gasteiger partial charge on any atom is 0.197 e. The van der Waals surface area contributed by atoms with Crippen molar-refractivity contribution in [2.45, 2.75) is 33.1 Å². The average Bonchev–Trinajstić information content (AvgIpc) is 3.19. The number of allylic oxidation sites excluding steroid dienone is 1. The van der Waals surface area contributed by atoms with Crippen LogP contribution in [-0.4, -0.2) is 18.6 Å². The van der Waals surface area contributed by atoms with Gasteiger partial charge in [-0.3, -0.25) is 9.59 Å². The summed E-state index contributed by atoms with van der Waals surface area (Å²) >= 11 is 0. The third-order valence-electron chi connectivity index (χ3n) is 9.03. The third-order valence-corrected chi connectivity index (χ3v) is 9.03. The number of hydrogen-bond donors (Lipinski definition) is 0. The molecule has 5 aromatic rings. The van der Waals surface area contributed by atoms with E-state index in [9.17, 15) is 9.59 Å². The maximum atomic E-state index is 13.4. The fourth-order valence-electron chi connectivity index (χ4n) is 6.77. The molecule has 5 aromatic carbocycles. The first-order valence-corrected chi connectivity index (χ1v) is 14.1. The molecule has 3 heteroatoms. The zero-order valence-electron chi connectivity index (χ0n) is 24.0. The average molecular weight is 534 g/mol. The Morgan fingerprint density at radius 2 is 1.22 bits per heavy atom. The van der Waals surface area contributed by atoms with Gasteiger partial charge in [-0.05, 0) is 106 Å². The van der Waals surface area contributed by atoms with Crippen LogP contribution in [-0.2, 0) is 5.41 Å². The molecule has 41 heavy (non-hydrogen) atoms. The van der Waals surface area contributed by atoms with Gasteiger partial charge in [0.1, 0.15) is 0 Å². The van der Waals surface area contributed by atoms with Crippen molar-refractivity contribution in [3.05, 3.63) is 136 Å². The first kappa shape index (κ1) is 25.2. The molecule has 1 aliphatic heterocycles. The van der Waals surface area contributed by atoms with E-state index in [1.807, 2.05) is 42.5 Å². The summed E-state index contributed by atoms with van der Waals surface area (Å²) < 4.78 is 0. The fourth-order valence-corrected chi connectivity index (χ4v) is 6.77. The second-order valence-electron chi connectivity index (χ2n) is 11.9. The molecule has 0 N–H and O–H groups in total. The van der Waals surface area contributed by atoms with Crippen LogP contribution in [0.5, 0.6) is 0 Å². The van der Waals surface area contributed by atoms with Gasteiger partial charge in [0.15, 0.2) is 11.6 Å². The number of aryl methyl sites for hydroxylation is 2. The third kappa shape index (κ3) is 3.72. The lowest BCUT2D eigenvalue weighted by molar-refractivity contribution is 0.0990. The first-order chi connectivity index (χ1) is 19.6. The predicted octanol–water partition coefficient (Wildman–Crippen LogP) is 8.99. The lowest BCUT2D eigenvalue weighted by atomic mass is 9.72. The van der Waals surface area contributed by atoms with Gasteiger partial charge in [-0.2, -0.15) is 0 Å². The molecule has 0 amide bonds. The Hall–Kier alpha value is -4.76. The summed E-state index contributed by atoms with van der Waals surface area (Å²) in [7, 11) is 2.11. The highest BCUT2D eigenvalue weighted by Crippen LogP contribution is 2.50. The number of hydrogen-bond acceptors (Lipinski definition) is 3. The Balaban J connectivity index is 1.32. The molecule has 0 saturated carbocycles. The zero-order chi connectivity index (χ0) is 28.6. The van der Waals surface area contributed by atoms with Crippen LogP contribution >= 0.6 is 0 Å². The molecule has 7 rings (SSSR count). The Bertz CT molecular complexity index is 1920. The van der Waals surface area contributed by atoms with Gasteiger partial charge in [-0.1, -0.05) is 68.4 Å². The molecule has 200 valence electrons. The van der Waals surface area contributed by atoms with Crippen LogP contribution in [0.25, 0.3) is 28.0 Å². The monoisotopic (exact) mass is 533 g/mol. The van der Waals surface area contributed by atoms with E-state index < -0.39 is 0 Å². The number of rotatable bonds is 2. The lowest BCUT2D eigenvalue weighted by Crippen LogP contribution is -2.31. The summed E-state index contributed by atoms with van der Waals surface area (Å²) in [5.41, 5.74) is 11.5. The van der Waals surface area contributed by atoms with Crippen molar-refractivity contribution in [2.75, 3.05) is 11.9 Å². The summed E-state index contributed by atoms with van der Waals surface area (Å²) in [5, 5.41) is 1.93. The van der Waals surface area contributed by atoms with Gasteiger partial charge in [0, 0.05) is 35.0 Å². The molecule has 0 fully saturated rings. The second-order valence-corrected chi connectivity index (χ2v) is 11.9. The van der Waals surface area contributed by atoms with Gasteiger partial charge < -0.3 is 4.90 Å². The number of carbonyl (C=O) groups excluding carboxylic acids is 2. The van der Waals surface area contributed by atoms with Crippen molar-refractivity contribution in [1.29, 1.82) is 0 Å². The van der Waals surface area contributed by atoms with E-state index in [2.05, 4.69) is 88.2 Å². The largest absolute Gasteiger partial charge is 0.344 e. The van der Waals surface area contributed by atoms with E-state index in [1.54, 1.807) is 6.08 Å². The van der Waals surface area contributed by atoms with E-state index >= 15 is 0 Å². The quantitative estimate of drug-likeness (QED) is 0.168. The second kappa shape index (κ2) is 8.87. The van der Waals surface area contributed by atoms with Gasteiger partial charge in [-0.15, -0.1) is 0 Å². The van der Waals surface area contributed by atoms with E-state index in [1.165, 1.54) is 39.1 Å². The van der Waals surface area contributed by atoms with E-state index in [0.717, 1.165) is 22.0 Å². The van der Waals surface area contributed by atoms with Crippen LogP contribution < -0.4 is 4.90 Å². The number of nitrogens with zero attached hydrogens (tertiary/aromatic N) is 1. The Kier molecular flexibility index (Phi) is 5.46. The Morgan fingerprint density at radius 3 is 1.83 bits per heavy atom. The molecular weight excluding hydrogens is 502 g/mol. The zero-order valence-corrected chi connectivity index (χ0v) is 24.0. The van der Waals surface area contributed by atoms with Gasteiger partial charge in [-0.25, -0.2) is 0 Å². The van der Waals surface area contributed by atoms with Gasteiger partial charge in [0.2, 0.25) is 0 Å². The summed E-state index contributed by atoms with van der Waals surface area (Å²) in [6.07, 6.45) is 1.77. The van der Waals surface area contributed by atoms with Gasteiger partial charge in [0.05, 0.1) is 5.57 Å². The molecule has 1 heterocycles. The topological polar surface area (TPSA) is 37.4 Å². The molecule has 0 saturated heterocycles. The van der Waals surface area contributed by atoms with Crippen LogP contribution in [0.2, 0.25) is 0 Å². The minimum absolute atomic E-state index is 0.201. The molecule has 0 radical (unpaired) electrons. The molecule has 0 unspecified atom stereocenters. The summed E-state index contributed by atoms with van der Waals surface area (Å²) in [4.78, 5) is 29.1. The van der Waals surface area contributed by atoms with Gasteiger partial charge >= 0.3 is 0 Å². The molecule has 1 aliphatic carbocycles. The number of ketones is 2. The highest BCUT2D eigenvalue weighted by atomic mass is 16.2. The van der Waals surface area contributed by atoms with Crippen LogP contribution in [0.3, 0.4) is 0 Å². The number of fused-ring (bicyclic) bond motifs is 4. The van der Waals surface area contributed by atoms with Crippen LogP contribution in [0.1, 0.15) is 62.4 Å². The van der Waals surface area contributed by atoms with Crippen molar-refractivity contribution in [2.24, 2.45) is 0 Å². The van der Waals surface area contributed by atoms with Crippen molar-refractivity contribution in [3.63, 3.8) is 0 Å². The lowest BCUT2D eigenvalue weighted by Gasteiger charge is -2.41. The summed E-state index contributed by atoms with van der Waals surface area (Å²) in [6.45, 7) is 8.86. The Morgan fingerprint density at radius 1 is 0.659 bits per heavy atom. The van der Waals surface area contributed by atoms with Crippen molar-refractivity contribution in [3.8, 4) is 11.1 Å². The maximum absolute atomic E-state index is 13.4. The molecule has 0 bridgehead atoms. The number of carbonyl (C=O) groups is 2. The summed E-state index contributed by atoms with van der Waals surface area (Å²) in [5.74, 6) is -0.401. The number of Topliss-reactive ketones (excluding diaryl/α,β-unsaturated/α-hetero) is 2. The standard InChI is InChI=1S/C38H31NO2/c1-22-9-8-10-23(2)35(22)27-14-16-34-32(21-27)38(3,4)31-18-24(13-15-33(31)39(34)5)17-30-36(40)28-19-25-11-6-7-12-26(25)20-29(28)37(30)41/h6-21H,1-5H3. The van der Waals surface area contributed by atoms with Crippen molar-refractivity contribution < 1.29 is 9.59 Å². The Labute approximate surface area is 240 Å². The van der Waals surface area contributed by atoms with Crippen LogP contribution in [0.4, 0.5) is 11.4 Å².